The van der Waals surface area contributed by atoms with Gasteiger partial charge in [-0.25, -0.2) is 0 Å². The van der Waals surface area contributed by atoms with Crippen LogP contribution in [0.5, 0.6) is 0 Å². The van der Waals surface area contributed by atoms with Gasteiger partial charge >= 0.3 is 0 Å². The summed E-state index contributed by atoms with van der Waals surface area (Å²) in [5, 5.41) is 16.0. The van der Waals surface area contributed by atoms with Crippen molar-refractivity contribution in [2.24, 2.45) is 5.18 Å². The first-order valence-corrected chi connectivity index (χ1v) is 13.6. The zero-order chi connectivity index (χ0) is 25.8. The van der Waals surface area contributed by atoms with Gasteiger partial charge in [-0.1, -0.05) is 48.0 Å². The molecule has 0 fully saturated rings. The van der Waals surface area contributed by atoms with E-state index in [9.17, 15) is 15.0 Å². The van der Waals surface area contributed by atoms with E-state index in [1.807, 2.05) is 60.0 Å². The van der Waals surface area contributed by atoms with Crippen molar-refractivity contribution in [3.63, 3.8) is 0 Å². The van der Waals surface area contributed by atoms with Gasteiger partial charge in [0.25, 0.3) is 5.91 Å². The van der Waals surface area contributed by atoms with Gasteiger partial charge in [-0.15, -0.1) is 16.2 Å². The number of fused-ring (bicyclic) bond motifs is 1. The lowest BCUT2D eigenvalue weighted by Crippen LogP contribution is -1.96. The SMILES string of the molecule is N#Cc1sccc1-c1c(-c2cccc(CCCC(=O)N=O)c2)n(Sc2ccc(Cl)cc2)c2ccccc12. The molecule has 5 aromatic rings. The first kappa shape index (κ1) is 25.0. The van der Waals surface area contributed by atoms with Crippen LogP contribution in [0.2, 0.25) is 5.02 Å². The van der Waals surface area contributed by atoms with E-state index in [0.29, 0.717) is 22.7 Å². The number of halogens is 1. The maximum absolute atomic E-state index is 11.3. The largest absolute Gasteiger partial charge is 0.286 e. The van der Waals surface area contributed by atoms with E-state index < -0.39 is 5.91 Å². The van der Waals surface area contributed by atoms with Gasteiger partial charge in [-0.2, -0.15) is 5.26 Å². The molecule has 0 bridgehead atoms. The molecule has 37 heavy (non-hydrogen) atoms. The second kappa shape index (κ2) is 11.1. The summed E-state index contributed by atoms with van der Waals surface area (Å²) in [6.45, 7) is 0. The molecule has 0 N–H and O–H groups in total. The molecule has 5 nitrogen and oxygen atoms in total. The first-order chi connectivity index (χ1) is 18.1. The maximum Gasteiger partial charge on any atom is 0.286 e. The summed E-state index contributed by atoms with van der Waals surface area (Å²) in [6.07, 6.45) is 1.33. The zero-order valence-corrected chi connectivity index (χ0v) is 21.9. The van der Waals surface area contributed by atoms with Crippen molar-refractivity contribution < 1.29 is 4.79 Å². The van der Waals surface area contributed by atoms with E-state index >= 15 is 0 Å². The summed E-state index contributed by atoms with van der Waals surface area (Å²) < 4.78 is 2.21. The molecule has 0 atom stereocenters. The van der Waals surface area contributed by atoms with Gasteiger partial charge in [0.05, 0.1) is 11.2 Å². The van der Waals surface area contributed by atoms with Crippen molar-refractivity contribution in [1.29, 1.82) is 5.26 Å². The van der Waals surface area contributed by atoms with Crippen molar-refractivity contribution in [2.75, 3.05) is 0 Å². The number of thiophene rings is 1. The van der Waals surface area contributed by atoms with Crippen molar-refractivity contribution in [2.45, 2.75) is 24.2 Å². The highest BCUT2D eigenvalue weighted by Gasteiger charge is 2.23. The molecule has 1 amide bonds. The number of amides is 1. The van der Waals surface area contributed by atoms with Crippen molar-refractivity contribution in [3.05, 3.63) is 105 Å². The van der Waals surface area contributed by atoms with Crippen LogP contribution in [-0.4, -0.2) is 9.88 Å². The summed E-state index contributed by atoms with van der Waals surface area (Å²) in [5.74, 6) is -0.626. The van der Waals surface area contributed by atoms with Gasteiger partial charge < -0.3 is 0 Å². The van der Waals surface area contributed by atoms with Crippen molar-refractivity contribution >= 4 is 51.7 Å². The molecule has 182 valence electrons. The highest BCUT2D eigenvalue weighted by Crippen LogP contribution is 2.46. The zero-order valence-electron chi connectivity index (χ0n) is 19.6. The minimum Gasteiger partial charge on any atom is -0.279 e. The molecular weight excluding hydrogens is 522 g/mol. The number of benzene rings is 3. The summed E-state index contributed by atoms with van der Waals surface area (Å²) in [5.41, 5.74) is 6.00. The number of carbonyl (C=O) groups excluding carboxylic acids is 1. The molecule has 2 heterocycles. The predicted octanol–water partition coefficient (Wildman–Crippen LogP) is 8.73. The minimum atomic E-state index is -0.626. The number of carbonyl (C=O) groups is 1. The average molecular weight is 542 g/mol. The standard InChI is InChI=1S/C29H20ClN3O2S2/c30-21-11-13-22(14-12-21)37-33-25-9-2-1-8-23(25)28(24-15-16-36-26(24)18-31)29(33)20-7-3-5-19(17-20)6-4-10-27(34)32-35/h1-3,5,7-9,11-17H,4,6,10H2. The van der Waals surface area contributed by atoms with Gasteiger partial charge in [0, 0.05) is 43.6 Å². The minimum absolute atomic E-state index is 0.131. The Morgan fingerprint density at radius 1 is 1.05 bits per heavy atom. The van der Waals surface area contributed by atoms with Crippen LogP contribution in [0.4, 0.5) is 0 Å². The van der Waals surface area contributed by atoms with Crippen LogP contribution in [0, 0.1) is 16.2 Å². The van der Waals surface area contributed by atoms with Crippen LogP contribution >= 0.6 is 34.9 Å². The molecule has 0 unspecified atom stereocenters. The summed E-state index contributed by atoms with van der Waals surface area (Å²) in [4.78, 5) is 23.5. The molecule has 2 aromatic heterocycles. The Balaban J connectivity index is 1.70. The number of aryl methyl sites for hydroxylation is 1. The average Bonchev–Trinajstić information content (AvgIpc) is 3.52. The lowest BCUT2D eigenvalue weighted by molar-refractivity contribution is -0.118. The number of nitriles is 1. The normalized spacial score (nSPS) is 10.9. The van der Waals surface area contributed by atoms with Crippen LogP contribution in [-0.2, 0) is 11.2 Å². The van der Waals surface area contributed by atoms with Crippen LogP contribution in [0.3, 0.4) is 0 Å². The third kappa shape index (κ3) is 5.23. The Labute approximate surface area is 227 Å². The second-order valence-corrected chi connectivity index (χ2v) is 10.8. The molecule has 0 aliphatic carbocycles. The lowest BCUT2D eigenvalue weighted by Gasteiger charge is -2.13. The van der Waals surface area contributed by atoms with Gasteiger partial charge in [0.1, 0.15) is 10.9 Å². The monoisotopic (exact) mass is 541 g/mol. The van der Waals surface area contributed by atoms with Crippen molar-refractivity contribution in [3.8, 4) is 28.5 Å². The molecule has 0 saturated carbocycles. The van der Waals surface area contributed by atoms with E-state index in [1.165, 1.54) is 11.3 Å². The van der Waals surface area contributed by atoms with Gasteiger partial charge in [0.2, 0.25) is 0 Å². The number of rotatable bonds is 8. The van der Waals surface area contributed by atoms with Crippen molar-refractivity contribution in [1.82, 2.24) is 3.97 Å². The van der Waals surface area contributed by atoms with E-state index in [-0.39, 0.29) is 6.42 Å². The van der Waals surface area contributed by atoms with Crippen LogP contribution < -0.4 is 0 Å². The fourth-order valence-corrected chi connectivity index (χ4v) is 6.23. The Morgan fingerprint density at radius 3 is 2.65 bits per heavy atom. The second-order valence-electron chi connectivity index (χ2n) is 8.39. The molecule has 0 aliphatic heterocycles. The third-order valence-corrected chi connectivity index (χ3v) is 8.15. The quantitative estimate of drug-likeness (QED) is 0.184. The maximum atomic E-state index is 11.3. The summed E-state index contributed by atoms with van der Waals surface area (Å²) >= 11 is 9.17. The van der Waals surface area contributed by atoms with E-state index in [1.54, 1.807) is 11.9 Å². The highest BCUT2D eigenvalue weighted by molar-refractivity contribution is 7.98. The molecule has 0 saturated heterocycles. The lowest BCUT2D eigenvalue weighted by atomic mass is 9.97. The molecule has 5 rings (SSSR count). The van der Waals surface area contributed by atoms with E-state index in [2.05, 4.69) is 39.5 Å². The summed E-state index contributed by atoms with van der Waals surface area (Å²) in [6, 6.07) is 28.5. The fourth-order valence-electron chi connectivity index (χ4n) is 4.40. The van der Waals surface area contributed by atoms with Crippen LogP contribution in [0.25, 0.3) is 33.3 Å². The van der Waals surface area contributed by atoms with Gasteiger partial charge in [0.15, 0.2) is 0 Å². The van der Waals surface area contributed by atoms with Gasteiger partial charge in [-0.3, -0.25) is 8.77 Å². The number of para-hydroxylation sites is 1. The highest BCUT2D eigenvalue weighted by atomic mass is 35.5. The molecule has 8 heteroatoms. The first-order valence-electron chi connectivity index (χ1n) is 11.6. The number of nitroso groups, excluding NO2 is 1. The van der Waals surface area contributed by atoms with E-state index in [4.69, 9.17) is 11.6 Å². The molecule has 0 aliphatic rings. The van der Waals surface area contributed by atoms with Crippen LogP contribution in [0.15, 0.2) is 94.3 Å². The molecule has 3 aromatic carbocycles. The molecular formula is C29H20ClN3O2S2. The molecule has 0 radical (unpaired) electrons. The smallest absolute Gasteiger partial charge is 0.279 e. The van der Waals surface area contributed by atoms with Crippen LogP contribution in [0.1, 0.15) is 23.3 Å². The number of nitrogens with zero attached hydrogens (tertiary/aromatic N) is 3. The Morgan fingerprint density at radius 2 is 1.86 bits per heavy atom. The topological polar surface area (TPSA) is 75.2 Å². The Bertz CT molecular complexity index is 1650. The number of hydrogen-bond donors (Lipinski definition) is 0. The number of hydrogen-bond acceptors (Lipinski definition) is 5. The Hall–Kier alpha value is -3.70. The third-order valence-electron chi connectivity index (χ3n) is 6.04. The fraction of sp³-hybridized carbons (Fsp3) is 0.103. The van der Waals surface area contributed by atoms with Gasteiger partial charge in [-0.05, 0) is 78.2 Å². The Kier molecular flexibility index (Phi) is 7.52. The number of aromatic nitrogens is 1. The summed E-state index contributed by atoms with van der Waals surface area (Å²) in [7, 11) is 0. The predicted molar refractivity (Wildman–Crippen MR) is 152 cm³/mol. The van der Waals surface area contributed by atoms with E-state index in [0.717, 1.165) is 43.7 Å². The molecule has 0 spiro atoms.